The smallest absolute Gasteiger partial charge is 0.227 e. The second kappa shape index (κ2) is 7.21. The van der Waals surface area contributed by atoms with Crippen molar-refractivity contribution >= 4 is 32.7 Å². The number of fused-ring (bicyclic) bond motifs is 1. The number of imidazole rings is 1. The Morgan fingerprint density at radius 1 is 1.30 bits per heavy atom. The van der Waals surface area contributed by atoms with Gasteiger partial charge < -0.3 is 15.0 Å². The van der Waals surface area contributed by atoms with E-state index in [0.717, 1.165) is 36.3 Å². The van der Waals surface area contributed by atoms with E-state index in [0.29, 0.717) is 31.6 Å². The van der Waals surface area contributed by atoms with Crippen LogP contribution >= 0.6 is 0 Å². The highest BCUT2D eigenvalue weighted by molar-refractivity contribution is 7.88. The van der Waals surface area contributed by atoms with E-state index in [1.54, 1.807) is 0 Å². The number of H-pyrrole nitrogens is 1. The number of rotatable bonds is 4. The van der Waals surface area contributed by atoms with Gasteiger partial charge >= 0.3 is 0 Å². The Balaban J connectivity index is 1.41. The molecule has 1 amide bonds. The van der Waals surface area contributed by atoms with Gasteiger partial charge in [-0.1, -0.05) is 0 Å². The Morgan fingerprint density at radius 3 is 2.74 bits per heavy atom. The Bertz CT molecular complexity index is 941. The topological polar surface area (TPSA) is 104 Å². The normalized spacial score (nSPS) is 22.3. The summed E-state index contributed by atoms with van der Waals surface area (Å²) in [4.78, 5) is 20.4. The number of aromatic amines is 1. The maximum Gasteiger partial charge on any atom is 0.227 e. The Hall–Kier alpha value is -1.97. The summed E-state index contributed by atoms with van der Waals surface area (Å²) >= 11 is 0. The molecule has 1 atom stereocenters. The standard InChI is InChI=1S/C18H24N4O4S/c1-27(24,25)22-8-6-12(7-9-22)18(23)19-13-4-5-14-15(11-13)21-17(20-14)16-3-2-10-26-16/h4-5,11-12,16H,2-3,6-10H2,1H3,(H,19,23)(H,20,21). The van der Waals surface area contributed by atoms with Crippen LogP contribution in [-0.4, -0.2) is 54.6 Å². The molecule has 1 unspecified atom stereocenters. The SMILES string of the molecule is CS(=O)(=O)N1CCC(C(=O)Nc2ccc3nc(C4CCCO4)[nH]c3c2)CC1. The molecule has 9 heteroatoms. The van der Waals surface area contributed by atoms with E-state index in [1.807, 2.05) is 18.2 Å². The van der Waals surface area contributed by atoms with Crippen molar-refractivity contribution in [1.82, 2.24) is 14.3 Å². The first-order chi connectivity index (χ1) is 12.9. The average Bonchev–Trinajstić information content (AvgIpc) is 3.30. The van der Waals surface area contributed by atoms with Gasteiger partial charge in [-0.25, -0.2) is 17.7 Å². The van der Waals surface area contributed by atoms with Crippen LogP contribution in [0.4, 0.5) is 5.69 Å². The van der Waals surface area contributed by atoms with Crippen LogP contribution in [0.1, 0.15) is 37.6 Å². The fourth-order valence-corrected chi connectivity index (χ4v) is 4.62. The van der Waals surface area contributed by atoms with Crippen LogP contribution < -0.4 is 5.32 Å². The molecule has 4 rings (SSSR count). The number of hydrogen-bond donors (Lipinski definition) is 2. The van der Waals surface area contributed by atoms with Crippen LogP contribution in [0.5, 0.6) is 0 Å². The van der Waals surface area contributed by atoms with Crippen LogP contribution in [0, 0.1) is 5.92 Å². The lowest BCUT2D eigenvalue weighted by Gasteiger charge is -2.29. The van der Waals surface area contributed by atoms with Crippen LogP contribution in [0.2, 0.25) is 0 Å². The number of nitrogens with zero attached hydrogens (tertiary/aromatic N) is 2. The number of ether oxygens (including phenoxy) is 1. The quantitative estimate of drug-likeness (QED) is 0.828. The molecule has 0 aliphatic carbocycles. The predicted molar refractivity (Wildman–Crippen MR) is 102 cm³/mol. The summed E-state index contributed by atoms with van der Waals surface area (Å²) in [5.41, 5.74) is 2.42. The fourth-order valence-electron chi connectivity index (χ4n) is 3.75. The second-order valence-electron chi connectivity index (χ2n) is 7.28. The number of benzene rings is 1. The van der Waals surface area contributed by atoms with Crippen LogP contribution in [0.15, 0.2) is 18.2 Å². The summed E-state index contributed by atoms with van der Waals surface area (Å²) in [6.45, 7) is 1.55. The van der Waals surface area contributed by atoms with Crippen molar-refractivity contribution in [2.75, 3.05) is 31.3 Å². The number of carbonyl (C=O) groups is 1. The van der Waals surface area contributed by atoms with Gasteiger partial charge in [0.15, 0.2) is 0 Å². The first kappa shape index (κ1) is 18.4. The third kappa shape index (κ3) is 3.99. The number of aromatic nitrogens is 2. The molecule has 0 radical (unpaired) electrons. The van der Waals surface area contributed by atoms with E-state index in [9.17, 15) is 13.2 Å². The molecule has 3 heterocycles. The lowest BCUT2D eigenvalue weighted by molar-refractivity contribution is -0.120. The van der Waals surface area contributed by atoms with Gasteiger partial charge in [0, 0.05) is 31.3 Å². The van der Waals surface area contributed by atoms with Crippen molar-refractivity contribution in [1.29, 1.82) is 0 Å². The molecular formula is C18H24N4O4S. The average molecular weight is 392 g/mol. The highest BCUT2D eigenvalue weighted by Crippen LogP contribution is 2.29. The Morgan fingerprint density at radius 2 is 2.07 bits per heavy atom. The minimum absolute atomic E-state index is 0.0236. The number of amides is 1. The molecule has 146 valence electrons. The summed E-state index contributed by atoms with van der Waals surface area (Å²) in [7, 11) is -3.18. The maximum atomic E-state index is 12.5. The molecule has 1 aromatic heterocycles. The molecule has 1 aromatic carbocycles. The van der Waals surface area contributed by atoms with Crippen molar-refractivity contribution in [3.05, 3.63) is 24.0 Å². The Kier molecular flexibility index (Phi) is 4.92. The predicted octanol–water partition coefficient (Wildman–Crippen LogP) is 2.02. The largest absolute Gasteiger partial charge is 0.370 e. The number of nitrogens with one attached hydrogen (secondary N) is 2. The highest BCUT2D eigenvalue weighted by Gasteiger charge is 2.29. The van der Waals surface area contributed by atoms with E-state index in [4.69, 9.17) is 4.74 Å². The Labute approximate surface area is 158 Å². The van der Waals surface area contributed by atoms with Crippen molar-refractivity contribution in [3.63, 3.8) is 0 Å². The van der Waals surface area contributed by atoms with Crippen molar-refractivity contribution in [2.45, 2.75) is 31.8 Å². The van der Waals surface area contributed by atoms with Gasteiger partial charge in [0.25, 0.3) is 0 Å². The summed E-state index contributed by atoms with van der Waals surface area (Å²) in [5.74, 6) is 0.586. The van der Waals surface area contributed by atoms with Gasteiger partial charge in [-0.3, -0.25) is 4.79 Å². The monoisotopic (exact) mass is 392 g/mol. The van der Waals surface area contributed by atoms with Gasteiger partial charge in [0.1, 0.15) is 11.9 Å². The molecule has 2 aliphatic rings. The van der Waals surface area contributed by atoms with Crippen molar-refractivity contribution in [3.8, 4) is 0 Å². The van der Waals surface area contributed by atoms with E-state index < -0.39 is 10.0 Å². The van der Waals surface area contributed by atoms with Gasteiger partial charge in [0.05, 0.1) is 17.3 Å². The summed E-state index contributed by atoms with van der Waals surface area (Å²) in [6.07, 6.45) is 4.31. The maximum absolute atomic E-state index is 12.5. The van der Waals surface area contributed by atoms with Crippen molar-refractivity contribution in [2.24, 2.45) is 5.92 Å². The zero-order chi connectivity index (χ0) is 19.0. The third-order valence-corrected chi connectivity index (χ3v) is 6.60. The third-order valence-electron chi connectivity index (χ3n) is 5.30. The molecule has 0 saturated carbocycles. The first-order valence-corrected chi connectivity index (χ1v) is 11.1. The van der Waals surface area contributed by atoms with E-state index in [1.165, 1.54) is 10.6 Å². The molecule has 8 nitrogen and oxygen atoms in total. The lowest BCUT2D eigenvalue weighted by Crippen LogP contribution is -2.40. The minimum atomic E-state index is -3.18. The second-order valence-corrected chi connectivity index (χ2v) is 9.26. The number of anilines is 1. The molecule has 0 bridgehead atoms. The minimum Gasteiger partial charge on any atom is -0.370 e. The summed E-state index contributed by atoms with van der Waals surface area (Å²) in [5, 5.41) is 2.95. The summed E-state index contributed by atoms with van der Waals surface area (Å²) < 4.78 is 30.3. The molecule has 0 spiro atoms. The molecule has 2 N–H and O–H groups in total. The van der Waals surface area contributed by atoms with E-state index in [2.05, 4.69) is 15.3 Å². The van der Waals surface area contributed by atoms with Gasteiger partial charge in [-0.2, -0.15) is 0 Å². The zero-order valence-electron chi connectivity index (χ0n) is 15.3. The lowest BCUT2D eigenvalue weighted by atomic mass is 9.97. The molecular weight excluding hydrogens is 368 g/mol. The van der Waals surface area contributed by atoms with Gasteiger partial charge in [-0.05, 0) is 43.9 Å². The highest BCUT2D eigenvalue weighted by atomic mass is 32.2. The molecule has 27 heavy (non-hydrogen) atoms. The van der Waals surface area contributed by atoms with Crippen molar-refractivity contribution < 1.29 is 17.9 Å². The first-order valence-electron chi connectivity index (χ1n) is 9.27. The van der Waals surface area contributed by atoms with Crippen LogP contribution in [0.25, 0.3) is 11.0 Å². The number of hydrogen-bond acceptors (Lipinski definition) is 5. The van der Waals surface area contributed by atoms with Crippen LogP contribution in [0.3, 0.4) is 0 Å². The number of sulfonamides is 1. The number of piperidine rings is 1. The van der Waals surface area contributed by atoms with E-state index >= 15 is 0 Å². The molecule has 2 aromatic rings. The van der Waals surface area contributed by atoms with Crippen LogP contribution in [-0.2, 0) is 19.6 Å². The van der Waals surface area contributed by atoms with Gasteiger partial charge in [0.2, 0.25) is 15.9 Å². The van der Waals surface area contributed by atoms with Gasteiger partial charge in [-0.15, -0.1) is 0 Å². The summed E-state index contributed by atoms with van der Waals surface area (Å²) in [6, 6.07) is 5.60. The fraction of sp³-hybridized carbons (Fsp3) is 0.556. The zero-order valence-corrected chi connectivity index (χ0v) is 16.1. The van der Waals surface area contributed by atoms with E-state index in [-0.39, 0.29) is 17.9 Å². The number of carbonyl (C=O) groups excluding carboxylic acids is 1. The molecule has 2 fully saturated rings. The molecule has 2 saturated heterocycles. The molecule has 2 aliphatic heterocycles.